The van der Waals surface area contributed by atoms with E-state index in [4.69, 9.17) is 11.6 Å². The molecule has 27 heavy (non-hydrogen) atoms. The Bertz CT molecular complexity index is 903. The number of aromatic carboxylic acids is 1. The van der Waals surface area contributed by atoms with Gasteiger partial charge in [0.1, 0.15) is 0 Å². The highest BCUT2D eigenvalue weighted by Gasteiger charge is 2.21. The summed E-state index contributed by atoms with van der Waals surface area (Å²) in [6.07, 6.45) is 0.165. The average Bonchev–Trinajstić information content (AvgIpc) is 2.69. The topological polar surface area (TPSA) is 66.4 Å². The van der Waals surface area contributed by atoms with Crippen LogP contribution in [-0.2, 0) is 4.79 Å². The first-order valence-electron chi connectivity index (χ1n) is 8.48. The SMILES string of the molecule is O=C(CC(c1ccccc1)c1ccccc1)Nc1c(Cl)cccc1C(=O)O. The highest BCUT2D eigenvalue weighted by Crippen LogP contribution is 2.30. The molecule has 0 bridgehead atoms. The van der Waals surface area contributed by atoms with Gasteiger partial charge < -0.3 is 10.4 Å². The molecule has 0 heterocycles. The van der Waals surface area contributed by atoms with Crippen molar-refractivity contribution in [3.05, 3.63) is 101 Å². The smallest absolute Gasteiger partial charge is 0.337 e. The van der Waals surface area contributed by atoms with E-state index in [1.807, 2.05) is 60.7 Å². The van der Waals surface area contributed by atoms with Gasteiger partial charge in [-0.05, 0) is 23.3 Å². The second-order valence-corrected chi connectivity index (χ2v) is 6.50. The molecular formula is C22H18ClNO3. The Balaban J connectivity index is 1.88. The first-order valence-corrected chi connectivity index (χ1v) is 8.85. The van der Waals surface area contributed by atoms with Crippen LogP contribution >= 0.6 is 11.6 Å². The number of carboxylic acids is 1. The number of nitrogens with one attached hydrogen (secondary N) is 1. The normalized spacial score (nSPS) is 10.6. The molecule has 0 aromatic heterocycles. The molecule has 0 aliphatic rings. The summed E-state index contributed by atoms with van der Waals surface area (Å²) in [6.45, 7) is 0. The molecule has 0 saturated carbocycles. The van der Waals surface area contributed by atoms with Gasteiger partial charge in [0.15, 0.2) is 0 Å². The lowest BCUT2D eigenvalue weighted by Gasteiger charge is -2.18. The van der Waals surface area contributed by atoms with Crippen molar-refractivity contribution in [2.75, 3.05) is 5.32 Å². The van der Waals surface area contributed by atoms with Crippen LogP contribution in [0.15, 0.2) is 78.9 Å². The number of halogens is 1. The fraction of sp³-hybridized carbons (Fsp3) is 0.0909. The molecule has 0 aliphatic carbocycles. The molecule has 2 N–H and O–H groups in total. The molecule has 3 aromatic carbocycles. The lowest BCUT2D eigenvalue weighted by atomic mass is 9.88. The van der Waals surface area contributed by atoms with Gasteiger partial charge in [0, 0.05) is 12.3 Å². The Labute approximate surface area is 162 Å². The number of hydrogen-bond donors (Lipinski definition) is 2. The number of para-hydroxylation sites is 1. The molecular weight excluding hydrogens is 362 g/mol. The van der Waals surface area contributed by atoms with Crippen molar-refractivity contribution < 1.29 is 14.7 Å². The minimum Gasteiger partial charge on any atom is -0.478 e. The van der Waals surface area contributed by atoms with Gasteiger partial charge in [-0.15, -0.1) is 0 Å². The number of carbonyl (C=O) groups is 2. The van der Waals surface area contributed by atoms with Gasteiger partial charge in [-0.3, -0.25) is 4.79 Å². The zero-order valence-electron chi connectivity index (χ0n) is 14.4. The summed E-state index contributed by atoms with van der Waals surface area (Å²) in [4.78, 5) is 24.1. The van der Waals surface area contributed by atoms with Gasteiger partial charge in [-0.25, -0.2) is 4.79 Å². The first-order chi connectivity index (χ1) is 13.1. The first kappa shape index (κ1) is 18.7. The van der Waals surface area contributed by atoms with Gasteiger partial charge in [0.25, 0.3) is 0 Å². The third kappa shape index (κ3) is 4.54. The molecule has 0 unspecified atom stereocenters. The summed E-state index contributed by atoms with van der Waals surface area (Å²) < 4.78 is 0. The third-order valence-electron chi connectivity index (χ3n) is 4.30. The molecule has 0 fully saturated rings. The lowest BCUT2D eigenvalue weighted by molar-refractivity contribution is -0.116. The van der Waals surface area contributed by atoms with Crippen molar-refractivity contribution in [2.24, 2.45) is 0 Å². The quantitative estimate of drug-likeness (QED) is 0.618. The van der Waals surface area contributed by atoms with Crippen LogP contribution in [0.3, 0.4) is 0 Å². The maximum atomic E-state index is 12.7. The van der Waals surface area contributed by atoms with Crippen LogP contribution in [0.1, 0.15) is 33.8 Å². The summed E-state index contributed by atoms with van der Waals surface area (Å²) in [5, 5.41) is 12.2. The van der Waals surface area contributed by atoms with Crippen molar-refractivity contribution in [1.29, 1.82) is 0 Å². The van der Waals surface area contributed by atoms with Crippen LogP contribution in [0.4, 0.5) is 5.69 Å². The second kappa shape index (κ2) is 8.52. The van der Waals surface area contributed by atoms with Crippen molar-refractivity contribution in [3.8, 4) is 0 Å². The van der Waals surface area contributed by atoms with Gasteiger partial charge in [0.05, 0.1) is 16.3 Å². The van der Waals surface area contributed by atoms with Gasteiger partial charge in [-0.2, -0.15) is 0 Å². The second-order valence-electron chi connectivity index (χ2n) is 6.09. The van der Waals surface area contributed by atoms with E-state index in [0.717, 1.165) is 11.1 Å². The lowest BCUT2D eigenvalue weighted by Crippen LogP contribution is -2.18. The molecule has 4 nitrogen and oxygen atoms in total. The molecule has 3 rings (SSSR count). The van der Waals surface area contributed by atoms with E-state index in [1.165, 1.54) is 12.1 Å². The number of carboxylic acid groups (broad SMARTS) is 1. The zero-order valence-corrected chi connectivity index (χ0v) is 15.2. The van der Waals surface area contributed by atoms with Crippen molar-refractivity contribution in [1.82, 2.24) is 0 Å². The predicted molar refractivity (Wildman–Crippen MR) is 106 cm³/mol. The van der Waals surface area contributed by atoms with Crippen molar-refractivity contribution >= 4 is 29.2 Å². The number of rotatable bonds is 6. The summed E-state index contributed by atoms with van der Waals surface area (Å²) in [5.74, 6) is -1.60. The fourth-order valence-electron chi connectivity index (χ4n) is 3.00. The maximum absolute atomic E-state index is 12.7. The van der Waals surface area contributed by atoms with E-state index in [9.17, 15) is 14.7 Å². The Morgan fingerprint density at radius 2 is 1.41 bits per heavy atom. The number of hydrogen-bond acceptors (Lipinski definition) is 2. The van der Waals surface area contributed by atoms with E-state index < -0.39 is 5.97 Å². The standard InChI is InChI=1S/C22H18ClNO3/c23-19-13-7-12-17(22(26)27)21(19)24-20(25)14-18(15-8-3-1-4-9-15)16-10-5-2-6-11-16/h1-13,18H,14H2,(H,24,25)(H,26,27). The van der Waals surface area contributed by atoms with E-state index in [-0.39, 0.29) is 34.5 Å². The maximum Gasteiger partial charge on any atom is 0.337 e. The monoisotopic (exact) mass is 379 g/mol. The molecule has 1 amide bonds. The van der Waals surface area contributed by atoms with Crippen molar-refractivity contribution in [3.63, 3.8) is 0 Å². The van der Waals surface area contributed by atoms with Crippen LogP contribution in [-0.4, -0.2) is 17.0 Å². The van der Waals surface area contributed by atoms with E-state index in [2.05, 4.69) is 5.32 Å². The molecule has 0 radical (unpaired) electrons. The van der Waals surface area contributed by atoms with Gasteiger partial charge in [-0.1, -0.05) is 78.3 Å². The van der Waals surface area contributed by atoms with Crippen LogP contribution in [0.2, 0.25) is 5.02 Å². The minimum atomic E-state index is -1.14. The molecule has 0 atom stereocenters. The van der Waals surface area contributed by atoms with Crippen LogP contribution in [0, 0.1) is 0 Å². The number of benzene rings is 3. The summed E-state index contributed by atoms with van der Waals surface area (Å²) in [6, 6.07) is 24.0. The Hall–Kier alpha value is -3.11. The van der Waals surface area contributed by atoms with E-state index in [0.29, 0.717) is 0 Å². The van der Waals surface area contributed by atoms with E-state index in [1.54, 1.807) is 6.07 Å². The highest BCUT2D eigenvalue weighted by atomic mass is 35.5. The van der Waals surface area contributed by atoms with Crippen LogP contribution in [0.25, 0.3) is 0 Å². The summed E-state index contributed by atoms with van der Waals surface area (Å²) in [7, 11) is 0. The minimum absolute atomic E-state index is 0.0353. The summed E-state index contributed by atoms with van der Waals surface area (Å²) in [5.41, 5.74) is 2.11. The molecule has 0 aliphatic heterocycles. The average molecular weight is 380 g/mol. The third-order valence-corrected chi connectivity index (χ3v) is 4.62. The molecule has 3 aromatic rings. The zero-order chi connectivity index (χ0) is 19.2. The van der Waals surface area contributed by atoms with Gasteiger partial charge >= 0.3 is 5.97 Å². The van der Waals surface area contributed by atoms with Crippen molar-refractivity contribution in [2.45, 2.75) is 12.3 Å². The number of anilines is 1. The van der Waals surface area contributed by atoms with Crippen LogP contribution in [0.5, 0.6) is 0 Å². The Kier molecular flexibility index (Phi) is 5.89. The molecule has 136 valence electrons. The largest absolute Gasteiger partial charge is 0.478 e. The Morgan fingerprint density at radius 1 is 0.852 bits per heavy atom. The van der Waals surface area contributed by atoms with Crippen LogP contribution < -0.4 is 5.32 Å². The summed E-state index contributed by atoms with van der Waals surface area (Å²) >= 11 is 6.11. The van der Waals surface area contributed by atoms with Gasteiger partial charge in [0.2, 0.25) is 5.91 Å². The predicted octanol–water partition coefficient (Wildman–Crippen LogP) is 5.20. The molecule has 5 heteroatoms. The molecule has 0 saturated heterocycles. The van der Waals surface area contributed by atoms with E-state index >= 15 is 0 Å². The Morgan fingerprint density at radius 3 is 1.93 bits per heavy atom. The highest BCUT2D eigenvalue weighted by molar-refractivity contribution is 6.34. The molecule has 0 spiro atoms. The number of amides is 1. The fourth-order valence-corrected chi connectivity index (χ4v) is 3.23. The number of carbonyl (C=O) groups excluding carboxylic acids is 1.